The van der Waals surface area contributed by atoms with Gasteiger partial charge in [0.25, 0.3) is 5.56 Å². The maximum absolute atomic E-state index is 12.7. The molecule has 0 spiro atoms. The van der Waals surface area contributed by atoms with E-state index in [1.165, 1.54) is 11.3 Å². The van der Waals surface area contributed by atoms with Crippen molar-refractivity contribution < 1.29 is 9.47 Å². The van der Waals surface area contributed by atoms with Crippen molar-refractivity contribution in [2.45, 2.75) is 25.8 Å². The lowest BCUT2D eigenvalue weighted by molar-refractivity contribution is 0.397. The van der Waals surface area contributed by atoms with Crippen molar-refractivity contribution in [3.05, 3.63) is 58.1 Å². The second-order valence-electron chi connectivity index (χ2n) is 7.50. The molecule has 6 heteroatoms. The summed E-state index contributed by atoms with van der Waals surface area (Å²) < 4.78 is 10.7. The van der Waals surface area contributed by atoms with Gasteiger partial charge in [-0.3, -0.25) is 4.79 Å². The average Bonchev–Trinajstić information content (AvgIpc) is 2.91. The van der Waals surface area contributed by atoms with Gasteiger partial charge in [-0.2, -0.15) is 0 Å². The van der Waals surface area contributed by atoms with Crippen LogP contribution in [0, 0.1) is 0 Å². The van der Waals surface area contributed by atoms with Gasteiger partial charge in [0.15, 0.2) is 0 Å². The van der Waals surface area contributed by atoms with Crippen LogP contribution in [0.15, 0.2) is 41.2 Å². The first-order valence-corrected chi connectivity index (χ1v) is 8.92. The minimum absolute atomic E-state index is 0.0544. The zero-order valence-corrected chi connectivity index (χ0v) is 16.0. The van der Waals surface area contributed by atoms with Crippen molar-refractivity contribution in [2.24, 2.45) is 0 Å². The third kappa shape index (κ3) is 2.91. The summed E-state index contributed by atoms with van der Waals surface area (Å²) >= 11 is 0. The smallest absolute Gasteiger partial charge is 0.259 e. The summed E-state index contributed by atoms with van der Waals surface area (Å²) in [5, 5.41) is 0.456. The Bertz CT molecular complexity index is 1070. The topological polar surface area (TPSA) is 67.5 Å². The van der Waals surface area contributed by atoms with Crippen LogP contribution in [0.2, 0.25) is 0 Å². The first-order chi connectivity index (χ1) is 12.9. The van der Waals surface area contributed by atoms with E-state index in [-0.39, 0.29) is 11.0 Å². The number of H-pyrrole nitrogens is 1. The molecule has 0 bridgehead atoms. The van der Waals surface area contributed by atoms with E-state index in [9.17, 15) is 4.79 Å². The lowest BCUT2D eigenvalue weighted by Crippen LogP contribution is -2.29. The number of nitrogens with one attached hydrogen (secondary N) is 1. The van der Waals surface area contributed by atoms with Gasteiger partial charge in [0, 0.05) is 23.7 Å². The molecule has 0 unspecified atom stereocenters. The molecule has 0 saturated heterocycles. The molecule has 140 valence electrons. The van der Waals surface area contributed by atoms with Crippen molar-refractivity contribution >= 4 is 16.6 Å². The SMILES string of the molecule is COc1cc(OC)c2nc(CN3CC(C)(C)c4ccccc43)[nH]c(=O)c2c1. The van der Waals surface area contributed by atoms with Crippen LogP contribution in [0.25, 0.3) is 10.9 Å². The van der Waals surface area contributed by atoms with Gasteiger partial charge in [-0.1, -0.05) is 32.0 Å². The summed E-state index contributed by atoms with van der Waals surface area (Å²) in [6, 6.07) is 11.8. The molecule has 1 aliphatic rings. The summed E-state index contributed by atoms with van der Waals surface area (Å²) in [6.45, 7) is 5.87. The second kappa shape index (κ2) is 6.30. The van der Waals surface area contributed by atoms with Crippen molar-refractivity contribution in [3.8, 4) is 11.5 Å². The molecule has 2 heterocycles. The summed E-state index contributed by atoms with van der Waals surface area (Å²) in [4.78, 5) is 22.5. The molecule has 3 aromatic rings. The van der Waals surface area contributed by atoms with Gasteiger partial charge < -0.3 is 19.4 Å². The predicted molar refractivity (Wildman–Crippen MR) is 106 cm³/mol. The number of ether oxygens (including phenoxy) is 2. The molecule has 1 N–H and O–H groups in total. The number of fused-ring (bicyclic) bond motifs is 2. The highest BCUT2D eigenvalue weighted by Gasteiger charge is 2.34. The van der Waals surface area contributed by atoms with Crippen molar-refractivity contribution in [3.63, 3.8) is 0 Å². The highest BCUT2D eigenvalue weighted by Crippen LogP contribution is 2.40. The van der Waals surface area contributed by atoms with Gasteiger partial charge in [0.2, 0.25) is 0 Å². The van der Waals surface area contributed by atoms with Crippen LogP contribution in [0.4, 0.5) is 5.69 Å². The number of hydrogen-bond donors (Lipinski definition) is 1. The number of para-hydroxylation sites is 1. The first kappa shape index (κ1) is 17.4. The van der Waals surface area contributed by atoms with Gasteiger partial charge in [-0.25, -0.2) is 4.98 Å². The number of benzene rings is 2. The molecule has 0 atom stereocenters. The maximum atomic E-state index is 12.7. The lowest BCUT2D eigenvalue weighted by atomic mass is 9.87. The van der Waals surface area contributed by atoms with E-state index in [4.69, 9.17) is 9.47 Å². The Kier molecular flexibility index (Phi) is 4.06. The summed E-state index contributed by atoms with van der Waals surface area (Å²) in [7, 11) is 3.12. The molecule has 0 radical (unpaired) electrons. The van der Waals surface area contributed by atoms with E-state index in [0.717, 1.165) is 6.54 Å². The largest absolute Gasteiger partial charge is 0.497 e. The zero-order valence-electron chi connectivity index (χ0n) is 16.0. The molecule has 0 amide bonds. The zero-order chi connectivity index (χ0) is 19.2. The van der Waals surface area contributed by atoms with Gasteiger partial charge in [0.05, 0.1) is 26.2 Å². The van der Waals surface area contributed by atoms with Crippen LogP contribution < -0.4 is 19.9 Å². The lowest BCUT2D eigenvalue weighted by Gasteiger charge is -2.22. The monoisotopic (exact) mass is 365 g/mol. The average molecular weight is 365 g/mol. The molecule has 0 aliphatic carbocycles. The van der Waals surface area contributed by atoms with Crippen LogP contribution in [0.1, 0.15) is 25.2 Å². The highest BCUT2D eigenvalue weighted by atomic mass is 16.5. The number of hydrogen-bond acceptors (Lipinski definition) is 5. The fraction of sp³-hybridized carbons (Fsp3) is 0.333. The van der Waals surface area contributed by atoms with E-state index >= 15 is 0 Å². The number of aromatic nitrogens is 2. The third-order valence-corrected chi connectivity index (χ3v) is 5.15. The molecule has 6 nitrogen and oxygen atoms in total. The fourth-order valence-electron chi connectivity index (χ4n) is 3.87. The van der Waals surface area contributed by atoms with Gasteiger partial charge in [-0.05, 0) is 17.7 Å². The van der Waals surface area contributed by atoms with E-state index in [1.54, 1.807) is 26.4 Å². The first-order valence-electron chi connectivity index (χ1n) is 8.92. The molecule has 0 saturated carbocycles. The molecule has 27 heavy (non-hydrogen) atoms. The number of aromatic amines is 1. The quantitative estimate of drug-likeness (QED) is 0.769. The Labute approximate surface area is 157 Å². The van der Waals surface area contributed by atoms with Crippen molar-refractivity contribution in [1.29, 1.82) is 0 Å². The Morgan fingerprint density at radius 2 is 1.96 bits per heavy atom. The van der Waals surface area contributed by atoms with Crippen LogP contribution in [0.5, 0.6) is 11.5 Å². The minimum atomic E-state index is -0.195. The molecule has 0 fully saturated rings. The number of nitrogens with zero attached hydrogens (tertiary/aromatic N) is 2. The summed E-state index contributed by atoms with van der Waals surface area (Å²) in [5.41, 5.74) is 2.91. The predicted octanol–water partition coefficient (Wildman–Crippen LogP) is 3.24. The molecular weight excluding hydrogens is 342 g/mol. The highest BCUT2D eigenvalue weighted by molar-refractivity contribution is 5.85. The Morgan fingerprint density at radius 3 is 2.70 bits per heavy atom. The van der Waals surface area contributed by atoms with E-state index < -0.39 is 0 Å². The number of anilines is 1. The minimum Gasteiger partial charge on any atom is -0.497 e. The van der Waals surface area contributed by atoms with Crippen molar-refractivity contribution in [1.82, 2.24) is 9.97 Å². The molecule has 4 rings (SSSR count). The van der Waals surface area contributed by atoms with Gasteiger partial charge in [0.1, 0.15) is 22.8 Å². The standard InChI is InChI=1S/C21H23N3O3/c1-21(2)12-24(16-8-6-5-7-15(16)21)11-18-22-19-14(20(25)23-18)9-13(26-3)10-17(19)27-4/h5-10H,11-12H2,1-4H3,(H,22,23,25). The van der Waals surface area contributed by atoms with Crippen LogP contribution in [-0.4, -0.2) is 30.7 Å². The number of methoxy groups -OCH3 is 2. The Hall–Kier alpha value is -3.02. The van der Waals surface area contributed by atoms with Crippen LogP contribution >= 0.6 is 0 Å². The molecule has 1 aromatic heterocycles. The van der Waals surface area contributed by atoms with Gasteiger partial charge in [-0.15, -0.1) is 0 Å². The second-order valence-corrected chi connectivity index (χ2v) is 7.50. The van der Waals surface area contributed by atoms with Crippen molar-refractivity contribution in [2.75, 3.05) is 25.7 Å². The fourth-order valence-corrected chi connectivity index (χ4v) is 3.87. The summed E-state index contributed by atoms with van der Waals surface area (Å²) in [6.07, 6.45) is 0. The summed E-state index contributed by atoms with van der Waals surface area (Å²) in [5.74, 6) is 1.71. The molecular formula is C21H23N3O3. The maximum Gasteiger partial charge on any atom is 0.259 e. The molecule has 2 aromatic carbocycles. The van der Waals surface area contributed by atoms with Gasteiger partial charge >= 0.3 is 0 Å². The van der Waals surface area contributed by atoms with E-state index in [0.29, 0.717) is 34.8 Å². The third-order valence-electron chi connectivity index (χ3n) is 5.15. The van der Waals surface area contributed by atoms with Crippen LogP contribution in [0.3, 0.4) is 0 Å². The Balaban J connectivity index is 1.77. The van der Waals surface area contributed by atoms with E-state index in [2.05, 4.69) is 46.9 Å². The Morgan fingerprint density at radius 1 is 1.19 bits per heavy atom. The normalized spacial score (nSPS) is 15.0. The molecule has 1 aliphatic heterocycles. The van der Waals surface area contributed by atoms with E-state index in [1.807, 2.05) is 6.07 Å². The number of rotatable bonds is 4. The van der Waals surface area contributed by atoms with Crippen LogP contribution in [-0.2, 0) is 12.0 Å².